The maximum atomic E-state index is 6.32. The minimum Gasteiger partial charge on any atom is -0.371 e. The van der Waals surface area contributed by atoms with E-state index in [4.69, 9.17) is 9.73 Å². The summed E-state index contributed by atoms with van der Waals surface area (Å²) in [6.07, 6.45) is 9.25. The van der Waals surface area contributed by atoms with Crippen molar-refractivity contribution in [3.8, 4) is 0 Å². The molecule has 0 N–H and O–H groups in total. The van der Waals surface area contributed by atoms with Gasteiger partial charge in [-0.1, -0.05) is 44.7 Å². The number of nitrogens with zero attached hydrogens (tertiary/aromatic N) is 1. The molecule has 1 unspecified atom stereocenters. The highest BCUT2D eigenvalue weighted by molar-refractivity contribution is 5.85. The first-order valence-corrected chi connectivity index (χ1v) is 8.91. The molecule has 1 aliphatic rings. The van der Waals surface area contributed by atoms with Crippen molar-refractivity contribution in [3.05, 3.63) is 29.3 Å². The highest BCUT2D eigenvalue weighted by Crippen LogP contribution is 2.31. The zero-order valence-corrected chi connectivity index (χ0v) is 14.7. The van der Waals surface area contributed by atoms with Gasteiger partial charge in [-0.2, -0.15) is 0 Å². The van der Waals surface area contributed by atoms with Crippen LogP contribution in [0.2, 0.25) is 0 Å². The van der Waals surface area contributed by atoms with Crippen LogP contribution in [0, 0.1) is 6.92 Å². The molecule has 2 nitrogen and oxygen atoms in total. The predicted molar refractivity (Wildman–Crippen MR) is 95.2 cm³/mol. The van der Waals surface area contributed by atoms with Gasteiger partial charge in [-0.25, -0.2) is 0 Å². The van der Waals surface area contributed by atoms with Gasteiger partial charge >= 0.3 is 0 Å². The molecule has 0 saturated heterocycles. The van der Waals surface area contributed by atoms with Gasteiger partial charge in [-0.05, 0) is 57.2 Å². The largest absolute Gasteiger partial charge is 0.371 e. The molecule has 0 radical (unpaired) electrons. The minimum absolute atomic E-state index is 0.157. The standard InChI is InChI=1S/C20H31NO/c1-5-10-15(2)21-20-14-9-13-19(16(20)3)17(4)22-18-11-7-6-8-12-18/h9,13-14,17-18H,5-8,10-12H2,1-4H3. The second kappa shape index (κ2) is 8.47. The topological polar surface area (TPSA) is 21.6 Å². The summed E-state index contributed by atoms with van der Waals surface area (Å²) in [4.78, 5) is 4.80. The Morgan fingerprint density at radius 3 is 2.68 bits per heavy atom. The number of benzene rings is 1. The van der Waals surface area contributed by atoms with E-state index in [2.05, 4.69) is 45.9 Å². The lowest BCUT2D eigenvalue weighted by Crippen LogP contribution is -2.19. The number of rotatable bonds is 6. The molecule has 1 aliphatic carbocycles. The molecule has 1 aromatic carbocycles. The second-order valence-corrected chi connectivity index (χ2v) is 6.63. The summed E-state index contributed by atoms with van der Waals surface area (Å²) in [5.41, 5.74) is 4.86. The molecular formula is C20H31NO. The maximum Gasteiger partial charge on any atom is 0.0803 e. The fourth-order valence-corrected chi connectivity index (χ4v) is 3.39. The lowest BCUT2D eigenvalue weighted by molar-refractivity contribution is -0.0225. The maximum absolute atomic E-state index is 6.32. The molecule has 122 valence electrons. The van der Waals surface area contributed by atoms with Gasteiger partial charge in [-0.3, -0.25) is 4.99 Å². The van der Waals surface area contributed by atoms with Gasteiger partial charge < -0.3 is 4.74 Å². The molecule has 0 amide bonds. The molecule has 0 aliphatic heterocycles. The molecule has 2 rings (SSSR count). The summed E-state index contributed by atoms with van der Waals surface area (Å²) in [5, 5.41) is 0. The van der Waals surface area contributed by atoms with Crippen molar-refractivity contribution in [1.82, 2.24) is 0 Å². The molecule has 0 heterocycles. The predicted octanol–water partition coefficient (Wildman–Crippen LogP) is 6.30. The Morgan fingerprint density at radius 1 is 1.27 bits per heavy atom. The van der Waals surface area contributed by atoms with Crippen molar-refractivity contribution in [3.63, 3.8) is 0 Å². The van der Waals surface area contributed by atoms with Crippen LogP contribution in [0.25, 0.3) is 0 Å². The van der Waals surface area contributed by atoms with Crippen LogP contribution >= 0.6 is 0 Å². The van der Waals surface area contributed by atoms with Gasteiger partial charge in [0.1, 0.15) is 0 Å². The number of hydrogen-bond donors (Lipinski definition) is 0. The highest BCUT2D eigenvalue weighted by atomic mass is 16.5. The second-order valence-electron chi connectivity index (χ2n) is 6.63. The number of aliphatic imine (C=N–C) groups is 1. The Bertz CT molecular complexity index is 500. The fraction of sp³-hybridized carbons (Fsp3) is 0.650. The Hall–Kier alpha value is -1.15. The third-order valence-corrected chi connectivity index (χ3v) is 4.66. The van der Waals surface area contributed by atoms with Gasteiger partial charge in [-0.15, -0.1) is 0 Å². The van der Waals surface area contributed by atoms with Crippen molar-refractivity contribution in [2.24, 2.45) is 4.99 Å². The molecule has 1 fully saturated rings. The average Bonchev–Trinajstić information content (AvgIpc) is 2.50. The molecule has 0 bridgehead atoms. The molecule has 1 atom stereocenters. The van der Waals surface area contributed by atoms with Crippen molar-refractivity contribution in [1.29, 1.82) is 0 Å². The van der Waals surface area contributed by atoms with E-state index < -0.39 is 0 Å². The van der Waals surface area contributed by atoms with Crippen LogP contribution in [0.3, 0.4) is 0 Å². The summed E-state index contributed by atoms with van der Waals surface area (Å²) in [6.45, 7) is 8.68. The van der Waals surface area contributed by atoms with Crippen LogP contribution in [0.15, 0.2) is 23.2 Å². The van der Waals surface area contributed by atoms with E-state index in [1.165, 1.54) is 48.9 Å². The Kier molecular flexibility index (Phi) is 6.63. The van der Waals surface area contributed by atoms with Gasteiger partial charge in [0.2, 0.25) is 0 Å². The summed E-state index contributed by atoms with van der Waals surface area (Å²) in [6, 6.07) is 6.42. The Balaban J connectivity index is 2.11. The van der Waals surface area contributed by atoms with Gasteiger partial charge in [0.25, 0.3) is 0 Å². The van der Waals surface area contributed by atoms with Crippen LogP contribution in [-0.4, -0.2) is 11.8 Å². The SMILES string of the molecule is CCCC(C)=Nc1cccc(C(C)OC2CCCCC2)c1C. The summed E-state index contributed by atoms with van der Waals surface area (Å²) >= 11 is 0. The zero-order chi connectivity index (χ0) is 15.9. The van der Waals surface area contributed by atoms with Crippen LogP contribution in [-0.2, 0) is 4.74 Å². The van der Waals surface area contributed by atoms with Crippen molar-refractivity contribution in [2.75, 3.05) is 0 Å². The van der Waals surface area contributed by atoms with Gasteiger partial charge in [0, 0.05) is 5.71 Å². The van der Waals surface area contributed by atoms with E-state index in [1.807, 2.05) is 0 Å². The molecule has 2 heteroatoms. The molecule has 1 aromatic rings. The fourth-order valence-electron chi connectivity index (χ4n) is 3.39. The molecular weight excluding hydrogens is 270 g/mol. The molecule has 22 heavy (non-hydrogen) atoms. The number of hydrogen-bond acceptors (Lipinski definition) is 2. The molecule has 0 aromatic heterocycles. The van der Waals surface area contributed by atoms with Crippen molar-refractivity contribution < 1.29 is 4.74 Å². The van der Waals surface area contributed by atoms with Crippen molar-refractivity contribution in [2.45, 2.75) is 84.8 Å². The van der Waals surface area contributed by atoms with E-state index in [0.29, 0.717) is 6.10 Å². The molecule has 0 spiro atoms. The number of ether oxygens (including phenoxy) is 1. The lowest BCUT2D eigenvalue weighted by atomic mass is 9.97. The van der Waals surface area contributed by atoms with Crippen LogP contribution in [0.4, 0.5) is 5.69 Å². The smallest absolute Gasteiger partial charge is 0.0803 e. The molecule has 1 saturated carbocycles. The monoisotopic (exact) mass is 301 g/mol. The average molecular weight is 301 g/mol. The van der Waals surface area contributed by atoms with E-state index in [-0.39, 0.29) is 6.10 Å². The van der Waals surface area contributed by atoms with E-state index in [0.717, 1.165) is 18.5 Å². The Morgan fingerprint density at radius 2 is 2.00 bits per heavy atom. The quantitative estimate of drug-likeness (QED) is 0.565. The normalized spacial score (nSPS) is 18.5. The first-order chi connectivity index (χ1) is 10.6. The first-order valence-electron chi connectivity index (χ1n) is 8.91. The summed E-state index contributed by atoms with van der Waals surface area (Å²) in [5.74, 6) is 0. The first kappa shape index (κ1) is 17.2. The van der Waals surface area contributed by atoms with E-state index in [9.17, 15) is 0 Å². The zero-order valence-electron chi connectivity index (χ0n) is 14.7. The van der Waals surface area contributed by atoms with Crippen LogP contribution < -0.4 is 0 Å². The van der Waals surface area contributed by atoms with E-state index >= 15 is 0 Å². The summed E-state index contributed by atoms with van der Waals surface area (Å²) in [7, 11) is 0. The minimum atomic E-state index is 0.157. The van der Waals surface area contributed by atoms with Crippen LogP contribution in [0.1, 0.15) is 82.9 Å². The third kappa shape index (κ3) is 4.67. The van der Waals surface area contributed by atoms with Crippen molar-refractivity contribution >= 4 is 11.4 Å². The summed E-state index contributed by atoms with van der Waals surface area (Å²) < 4.78 is 6.32. The lowest BCUT2D eigenvalue weighted by Gasteiger charge is -2.27. The third-order valence-electron chi connectivity index (χ3n) is 4.66. The van der Waals surface area contributed by atoms with E-state index in [1.54, 1.807) is 0 Å². The highest BCUT2D eigenvalue weighted by Gasteiger charge is 2.19. The van der Waals surface area contributed by atoms with Gasteiger partial charge in [0.15, 0.2) is 0 Å². The van der Waals surface area contributed by atoms with Crippen LogP contribution in [0.5, 0.6) is 0 Å². The van der Waals surface area contributed by atoms with Gasteiger partial charge in [0.05, 0.1) is 17.9 Å². The Labute approximate surface area is 136 Å².